The maximum absolute atomic E-state index is 7.55. The van der Waals surface area contributed by atoms with E-state index in [-0.39, 0.29) is 5.41 Å². The Morgan fingerprint density at radius 3 is 2.44 bits per heavy atom. The quantitative estimate of drug-likeness (QED) is 0.516. The normalized spacial score (nSPS) is 17.5. The summed E-state index contributed by atoms with van der Waals surface area (Å²) >= 11 is 0. The number of hydrogen-bond acceptors (Lipinski definition) is 2. The molecule has 3 nitrogen and oxygen atoms in total. The van der Waals surface area contributed by atoms with Crippen LogP contribution in [0.2, 0.25) is 0 Å². The highest BCUT2D eigenvalue weighted by atomic mass is 15.1. The van der Waals surface area contributed by atoms with E-state index in [0.717, 1.165) is 25.4 Å². The van der Waals surface area contributed by atoms with Crippen LogP contribution in [0.15, 0.2) is 0 Å². The summed E-state index contributed by atoms with van der Waals surface area (Å²) in [6, 6.07) is 0. The van der Waals surface area contributed by atoms with E-state index in [0.29, 0.717) is 5.84 Å². The van der Waals surface area contributed by atoms with E-state index in [2.05, 4.69) is 25.7 Å². The van der Waals surface area contributed by atoms with Gasteiger partial charge in [0, 0.05) is 12.0 Å². The summed E-state index contributed by atoms with van der Waals surface area (Å²) in [5.74, 6) is 1.24. The SMILES string of the molecule is CCN(CCC(C)(C)C(=N)N)CC1CCC1. The lowest BCUT2D eigenvalue weighted by atomic mass is 9.84. The molecule has 0 unspecified atom stereocenters. The Hall–Kier alpha value is -0.570. The van der Waals surface area contributed by atoms with Gasteiger partial charge >= 0.3 is 0 Å². The minimum atomic E-state index is -0.146. The molecule has 3 N–H and O–H groups in total. The minimum Gasteiger partial charge on any atom is -0.387 e. The van der Waals surface area contributed by atoms with Crippen LogP contribution in [0.4, 0.5) is 0 Å². The van der Waals surface area contributed by atoms with Crippen LogP contribution < -0.4 is 5.73 Å². The van der Waals surface area contributed by atoms with Gasteiger partial charge in [-0.1, -0.05) is 27.2 Å². The molecule has 94 valence electrons. The number of nitrogens with zero attached hydrogens (tertiary/aromatic N) is 1. The molecule has 0 aliphatic heterocycles. The third-order valence-corrected chi connectivity index (χ3v) is 3.97. The molecule has 0 aromatic rings. The first-order chi connectivity index (χ1) is 7.45. The Balaban J connectivity index is 2.29. The van der Waals surface area contributed by atoms with E-state index in [1.165, 1.54) is 25.8 Å². The Morgan fingerprint density at radius 2 is 2.06 bits per heavy atom. The lowest BCUT2D eigenvalue weighted by molar-refractivity contribution is 0.172. The molecule has 0 bridgehead atoms. The Morgan fingerprint density at radius 1 is 1.44 bits per heavy atom. The van der Waals surface area contributed by atoms with Crippen molar-refractivity contribution in [2.24, 2.45) is 17.1 Å². The standard InChI is InChI=1S/C13H27N3/c1-4-16(10-11-6-5-7-11)9-8-13(2,3)12(14)15/h11H,4-10H2,1-3H3,(H3,14,15). The molecule has 3 heteroatoms. The predicted molar refractivity (Wildman–Crippen MR) is 69.8 cm³/mol. The van der Waals surface area contributed by atoms with Gasteiger partial charge in [0.1, 0.15) is 0 Å². The van der Waals surface area contributed by atoms with Crippen LogP contribution in [0.1, 0.15) is 46.5 Å². The van der Waals surface area contributed by atoms with Crippen molar-refractivity contribution in [2.75, 3.05) is 19.6 Å². The maximum atomic E-state index is 7.55. The third-order valence-electron chi connectivity index (χ3n) is 3.97. The van der Waals surface area contributed by atoms with E-state index < -0.39 is 0 Å². The molecule has 0 aromatic carbocycles. The Kier molecular flexibility index (Phi) is 4.78. The van der Waals surface area contributed by atoms with Crippen LogP contribution in [-0.4, -0.2) is 30.4 Å². The van der Waals surface area contributed by atoms with Crippen molar-refractivity contribution in [2.45, 2.75) is 46.5 Å². The highest BCUT2D eigenvalue weighted by Gasteiger charge is 2.24. The van der Waals surface area contributed by atoms with Gasteiger partial charge in [0.2, 0.25) is 0 Å². The lowest BCUT2D eigenvalue weighted by Crippen LogP contribution is -2.38. The fraction of sp³-hybridized carbons (Fsp3) is 0.923. The number of hydrogen-bond donors (Lipinski definition) is 2. The smallest absolute Gasteiger partial charge is 0.0963 e. The fourth-order valence-corrected chi connectivity index (χ4v) is 1.99. The fourth-order valence-electron chi connectivity index (χ4n) is 1.99. The average molecular weight is 225 g/mol. The Labute approximate surface area is 99.9 Å². The van der Waals surface area contributed by atoms with Gasteiger partial charge in [-0.3, -0.25) is 5.41 Å². The molecule has 0 spiro atoms. The molecule has 0 radical (unpaired) electrons. The highest BCUT2D eigenvalue weighted by Crippen LogP contribution is 2.28. The van der Waals surface area contributed by atoms with Crippen LogP contribution in [0, 0.1) is 16.7 Å². The average Bonchev–Trinajstić information content (AvgIpc) is 2.15. The first-order valence-electron chi connectivity index (χ1n) is 6.52. The maximum Gasteiger partial charge on any atom is 0.0963 e. The molecule has 16 heavy (non-hydrogen) atoms. The molecular weight excluding hydrogens is 198 g/mol. The van der Waals surface area contributed by atoms with Crippen molar-refractivity contribution < 1.29 is 0 Å². The second kappa shape index (κ2) is 5.67. The van der Waals surface area contributed by atoms with Gasteiger partial charge in [-0.15, -0.1) is 0 Å². The van der Waals surface area contributed by atoms with Crippen molar-refractivity contribution in [3.63, 3.8) is 0 Å². The summed E-state index contributed by atoms with van der Waals surface area (Å²) in [7, 11) is 0. The van der Waals surface area contributed by atoms with E-state index in [1.807, 2.05) is 0 Å². The summed E-state index contributed by atoms with van der Waals surface area (Å²) in [6.45, 7) is 9.77. The lowest BCUT2D eigenvalue weighted by Gasteiger charge is -2.33. The van der Waals surface area contributed by atoms with Crippen LogP contribution in [0.3, 0.4) is 0 Å². The zero-order valence-electron chi connectivity index (χ0n) is 11.1. The molecule has 0 saturated heterocycles. The van der Waals surface area contributed by atoms with Crippen molar-refractivity contribution in [3.8, 4) is 0 Å². The topological polar surface area (TPSA) is 53.1 Å². The highest BCUT2D eigenvalue weighted by molar-refractivity contribution is 5.82. The van der Waals surface area contributed by atoms with Crippen LogP contribution in [0.25, 0.3) is 0 Å². The van der Waals surface area contributed by atoms with Crippen LogP contribution in [0.5, 0.6) is 0 Å². The van der Waals surface area contributed by atoms with E-state index >= 15 is 0 Å². The molecular formula is C13H27N3. The number of nitrogens with two attached hydrogens (primary N) is 1. The second-order valence-corrected chi connectivity index (χ2v) is 5.74. The summed E-state index contributed by atoms with van der Waals surface area (Å²) in [6.07, 6.45) is 5.23. The monoisotopic (exact) mass is 225 g/mol. The van der Waals surface area contributed by atoms with Crippen molar-refractivity contribution in [1.82, 2.24) is 4.90 Å². The molecule has 1 rings (SSSR count). The summed E-state index contributed by atoms with van der Waals surface area (Å²) < 4.78 is 0. The van der Waals surface area contributed by atoms with Crippen molar-refractivity contribution >= 4 is 5.84 Å². The van der Waals surface area contributed by atoms with Gasteiger partial charge in [-0.2, -0.15) is 0 Å². The summed E-state index contributed by atoms with van der Waals surface area (Å²) in [4.78, 5) is 2.51. The molecule has 1 aliphatic carbocycles. The van der Waals surface area contributed by atoms with E-state index in [4.69, 9.17) is 11.1 Å². The molecule has 0 amide bonds. The minimum absolute atomic E-state index is 0.146. The number of rotatable bonds is 7. The van der Waals surface area contributed by atoms with E-state index in [1.54, 1.807) is 0 Å². The summed E-state index contributed by atoms with van der Waals surface area (Å²) in [5, 5.41) is 7.55. The third kappa shape index (κ3) is 3.78. The molecule has 0 aromatic heterocycles. The number of nitrogens with one attached hydrogen (secondary N) is 1. The van der Waals surface area contributed by atoms with Gasteiger partial charge < -0.3 is 10.6 Å². The Bertz CT molecular complexity index is 231. The largest absolute Gasteiger partial charge is 0.387 e. The van der Waals surface area contributed by atoms with Gasteiger partial charge in [-0.25, -0.2) is 0 Å². The van der Waals surface area contributed by atoms with Gasteiger partial charge in [0.05, 0.1) is 5.84 Å². The van der Waals surface area contributed by atoms with Gasteiger partial charge in [-0.05, 0) is 38.3 Å². The summed E-state index contributed by atoms with van der Waals surface area (Å²) in [5.41, 5.74) is 5.46. The van der Waals surface area contributed by atoms with Gasteiger partial charge in [0.25, 0.3) is 0 Å². The van der Waals surface area contributed by atoms with Crippen molar-refractivity contribution in [1.29, 1.82) is 5.41 Å². The van der Waals surface area contributed by atoms with Crippen LogP contribution in [-0.2, 0) is 0 Å². The van der Waals surface area contributed by atoms with Crippen molar-refractivity contribution in [3.05, 3.63) is 0 Å². The molecule has 1 aliphatic rings. The van der Waals surface area contributed by atoms with E-state index in [9.17, 15) is 0 Å². The molecule has 1 saturated carbocycles. The molecule has 0 atom stereocenters. The second-order valence-electron chi connectivity index (χ2n) is 5.74. The van der Waals surface area contributed by atoms with Crippen LogP contribution >= 0.6 is 0 Å². The molecule has 1 fully saturated rings. The number of amidine groups is 1. The first kappa shape index (κ1) is 13.5. The zero-order valence-corrected chi connectivity index (χ0v) is 11.1. The predicted octanol–water partition coefficient (Wildman–Crippen LogP) is 2.46. The van der Waals surface area contributed by atoms with Gasteiger partial charge in [0.15, 0.2) is 0 Å². The molecule has 0 heterocycles. The first-order valence-corrected chi connectivity index (χ1v) is 6.52. The zero-order chi connectivity index (χ0) is 12.2.